The van der Waals surface area contributed by atoms with Gasteiger partial charge < -0.3 is 5.32 Å². The maximum absolute atomic E-state index is 8.98. The van der Waals surface area contributed by atoms with E-state index in [1.807, 2.05) is 32.0 Å². The normalized spacial score (nSPS) is 9.71. The minimum atomic E-state index is 0.489. The number of nitriles is 1. The highest BCUT2D eigenvalue weighted by molar-refractivity contribution is 5.67. The predicted octanol–water partition coefficient (Wildman–Crippen LogP) is 2.71. The maximum atomic E-state index is 8.98. The van der Waals surface area contributed by atoms with Crippen LogP contribution >= 0.6 is 0 Å². The van der Waals surface area contributed by atoms with Crippen molar-refractivity contribution in [2.75, 3.05) is 5.32 Å². The van der Waals surface area contributed by atoms with E-state index in [1.54, 1.807) is 6.07 Å². The first-order chi connectivity index (χ1) is 8.22. The molecule has 17 heavy (non-hydrogen) atoms. The predicted molar refractivity (Wildman–Crippen MR) is 65.9 cm³/mol. The first kappa shape index (κ1) is 11.1. The fraction of sp³-hybridized carbons (Fsp3) is 0.154. The van der Waals surface area contributed by atoms with Gasteiger partial charge in [0.2, 0.25) is 0 Å². The maximum Gasteiger partial charge on any atom is 0.171 e. The van der Waals surface area contributed by atoms with Crippen LogP contribution in [0, 0.1) is 25.2 Å². The fourth-order valence-electron chi connectivity index (χ4n) is 1.64. The zero-order valence-corrected chi connectivity index (χ0v) is 9.73. The highest BCUT2D eigenvalue weighted by Gasteiger charge is 2.07. The van der Waals surface area contributed by atoms with Crippen LogP contribution in [0.15, 0.2) is 30.5 Å². The summed E-state index contributed by atoms with van der Waals surface area (Å²) in [5.74, 6) is 0.493. The third-order valence-electron chi connectivity index (χ3n) is 2.57. The van der Waals surface area contributed by atoms with Crippen molar-refractivity contribution in [1.82, 2.24) is 10.2 Å². The largest absolute Gasteiger partial charge is 0.337 e. The molecule has 0 aliphatic heterocycles. The summed E-state index contributed by atoms with van der Waals surface area (Å²) in [6, 6.07) is 9.75. The summed E-state index contributed by atoms with van der Waals surface area (Å²) in [6.45, 7) is 4.02. The molecule has 0 saturated heterocycles. The van der Waals surface area contributed by atoms with Crippen molar-refractivity contribution >= 4 is 11.5 Å². The summed E-state index contributed by atoms with van der Waals surface area (Å²) in [5, 5.41) is 19.9. The molecule has 84 valence electrons. The molecule has 1 N–H and O–H groups in total. The van der Waals surface area contributed by atoms with Crippen molar-refractivity contribution in [2.24, 2.45) is 0 Å². The molecule has 1 heterocycles. The zero-order valence-electron chi connectivity index (χ0n) is 9.73. The number of hydrogen-bond donors (Lipinski definition) is 1. The number of aryl methyl sites for hydroxylation is 2. The topological polar surface area (TPSA) is 61.6 Å². The van der Waals surface area contributed by atoms with Gasteiger partial charge in [0.25, 0.3) is 0 Å². The van der Waals surface area contributed by atoms with Gasteiger partial charge in [-0.15, -0.1) is 5.10 Å². The SMILES string of the molecule is Cc1cccc(C)c1Nc1nnccc1C#N. The zero-order chi connectivity index (χ0) is 12.3. The monoisotopic (exact) mass is 224 g/mol. The average molecular weight is 224 g/mol. The Morgan fingerprint density at radius 3 is 2.53 bits per heavy atom. The molecule has 0 aliphatic rings. The summed E-state index contributed by atoms with van der Waals surface area (Å²) in [6.07, 6.45) is 1.51. The molecule has 2 aromatic rings. The van der Waals surface area contributed by atoms with E-state index < -0.39 is 0 Å². The smallest absolute Gasteiger partial charge is 0.171 e. The number of rotatable bonds is 2. The number of nitrogens with zero attached hydrogens (tertiary/aromatic N) is 3. The summed E-state index contributed by atoms with van der Waals surface area (Å²) in [5.41, 5.74) is 3.69. The Bertz CT molecular complexity index is 564. The van der Waals surface area contributed by atoms with Gasteiger partial charge in [-0.25, -0.2) is 0 Å². The van der Waals surface area contributed by atoms with Crippen LogP contribution in [0.2, 0.25) is 0 Å². The molecular weight excluding hydrogens is 212 g/mol. The van der Waals surface area contributed by atoms with E-state index in [-0.39, 0.29) is 0 Å². The first-order valence-electron chi connectivity index (χ1n) is 5.27. The molecule has 0 aliphatic carbocycles. The molecule has 0 atom stereocenters. The molecule has 0 unspecified atom stereocenters. The molecule has 0 radical (unpaired) electrons. The summed E-state index contributed by atoms with van der Waals surface area (Å²) in [4.78, 5) is 0. The van der Waals surface area contributed by atoms with Crippen LogP contribution in [0.4, 0.5) is 11.5 Å². The molecule has 4 heteroatoms. The molecule has 0 bridgehead atoms. The van der Waals surface area contributed by atoms with Crippen molar-refractivity contribution in [2.45, 2.75) is 13.8 Å². The van der Waals surface area contributed by atoms with Gasteiger partial charge in [0.05, 0.1) is 11.8 Å². The lowest BCUT2D eigenvalue weighted by molar-refractivity contribution is 1.03. The van der Waals surface area contributed by atoms with Crippen molar-refractivity contribution in [3.05, 3.63) is 47.2 Å². The van der Waals surface area contributed by atoms with E-state index >= 15 is 0 Å². The fourth-order valence-corrected chi connectivity index (χ4v) is 1.64. The van der Waals surface area contributed by atoms with Crippen LogP contribution in [0.3, 0.4) is 0 Å². The van der Waals surface area contributed by atoms with Gasteiger partial charge in [-0.1, -0.05) is 18.2 Å². The molecular formula is C13H12N4. The Labute approximate surface area is 99.9 Å². The lowest BCUT2D eigenvalue weighted by Crippen LogP contribution is -2.01. The molecule has 0 saturated carbocycles. The highest BCUT2D eigenvalue weighted by Crippen LogP contribution is 2.24. The van der Waals surface area contributed by atoms with Crippen LogP contribution in [-0.2, 0) is 0 Å². The minimum absolute atomic E-state index is 0.489. The second-order valence-electron chi connectivity index (χ2n) is 3.80. The van der Waals surface area contributed by atoms with E-state index in [9.17, 15) is 0 Å². The first-order valence-corrected chi connectivity index (χ1v) is 5.27. The van der Waals surface area contributed by atoms with E-state index in [1.165, 1.54) is 6.20 Å². The van der Waals surface area contributed by atoms with Crippen molar-refractivity contribution in [3.8, 4) is 6.07 Å². The standard InChI is InChI=1S/C13H12N4/c1-9-4-3-5-10(2)12(9)16-13-11(8-14)6-7-15-17-13/h3-7H,1-2H3,(H,16,17). The average Bonchev–Trinajstić information content (AvgIpc) is 2.34. The second-order valence-corrected chi connectivity index (χ2v) is 3.80. The van der Waals surface area contributed by atoms with E-state index in [0.29, 0.717) is 11.4 Å². The minimum Gasteiger partial charge on any atom is -0.337 e. The number of anilines is 2. The van der Waals surface area contributed by atoms with Gasteiger partial charge in [0.1, 0.15) is 6.07 Å². The molecule has 2 rings (SSSR count). The van der Waals surface area contributed by atoms with Gasteiger partial charge in [-0.2, -0.15) is 10.4 Å². The lowest BCUT2D eigenvalue weighted by Gasteiger charge is -2.11. The third-order valence-corrected chi connectivity index (χ3v) is 2.57. The van der Waals surface area contributed by atoms with Crippen LogP contribution in [0.25, 0.3) is 0 Å². The Morgan fingerprint density at radius 1 is 1.18 bits per heavy atom. The van der Waals surface area contributed by atoms with E-state index in [2.05, 4.69) is 21.6 Å². The summed E-state index contributed by atoms with van der Waals surface area (Å²) >= 11 is 0. The Balaban J connectivity index is 2.42. The Morgan fingerprint density at radius 2 is 1.88 bits per heavy atom. The van der Waals surface area contributed by atoms with Crippen molar-refractivity contribution in [3.63, 3.8) is 0 Å². The van der Waals surface area contributed by atoms with E-state index in [4.69, 9.17) is 5.26 Å². The van der Waals surface area contributed by atoms with Crippen LogP contribution in [0.1, 0.15) is 16.7 Å². The number of benzene rings is 1. The molecule has 0 fully saturated rings. The number of aromatic nitrogens is 2. The second kappa shape index (κ2) is 4.62. The van der Waals surface area contributed by atoms with Crippen LogP contribution in [0.5, 0.6) is 0 Å². The Hall–Kier alpha value is -2.41. The highest BCUT2D eigenvalue weighted by atomic mass is 15.2. The summed E-state index contributed by atoms with van der Waals surface area (Å²) < 4.78 is 0. The number of para-hydroxylation sites is 1. The van der Waals surface area contributed by atoms with Gasteiger partial charge in [0, 0.05) is 5.69 Å². The molecule has 1 aromatic heterocycles. The van der Waals surface area contributed by atoms with Crippen LogP contribution < -0.4 is 5.32 Å². The lowest BCUT2D eigenvalue weighted by atomic mass is 10.1. The molecule has 1 aromatic carbocycles. The molecule has 0 spiro atoms. The third kappa shape index (κ3) is 2.23. The number of nitrogens with one attached hydrogen (secondary N) is 1. The van der Waals surface area contributed by atoms with Crippen molar-refractivity contribution < 1.29 is 0 Å². The van der Waals surface area contributed by atoms with Gasteiger partial charge in [0.15, 0.2) is 5.82 Å². The quantitative estimate of drug-likeness (QED) is 0.851. The van der Waals surface area contributed by atoms with Crippen molar-refractivity contribution in [1.29, 1.82) is 5.26 Å². The summed E-state index contributed by atoms with van der Waals surface area (Å²) in [7, 11) is 0. The van der Waals surface area contributed by atoms with Crippen LogP contribution in [-0.4, -0.2) is 10.2 Å². The van der Waals surface area contributed by atoms with Gasteiger partial charge >= 0.3 is 0 Å². The number of hydrogen-bond acceptors (Lipinski definition) is 4. The van der Waals surface area contributed by atoms with Gasteiger partial charge in [-0.05, 0) is 31.0 Å². The van der Waals surface area contributed by atoms with E-state index in [0.717, 1.165) is 16.8 Å². The Kier molecular flexibility index (Phi) is 3.01. The molecule has 4 nitrogen and oxygen atoms in total. The molecule has 0 amide bonds. The van der Waals surface area contributed by atoms with Gasteiger partial charge in [-0.3, -0.25) is 0 Å².